The van der Waals surface area contributed by atoms with Gasteiger partial charge in [0.25, 0.3) is 0 Å². The highest BCUT2D eigenvalue weighted by atomic mass is 19.1. The molecule has 2 unspecified atom stereocenters. The molecule has 1 saturated heterocycles. The second-order valence-corrected chi connectivity index (χ2v) is 6.99. The van der Waals surface area contributed by atoms with Crippen molar-refractivity contribution >= 4 is 5.82 Å². The molecule has 0 amide bonds. The number of nitrogens with zero attached hydrogens (tertiary/aromatic N) is 2. The fourth-order valence-electron chi connectivity index (χ4n) is 2.43. The molecule has 1 aliphatic heterocycles. The molecule has 2 atom stereocenters. The van der Waals surface area contributed by atoms with Gasteiger partial charge >= 0.3 is 0 Å². The van der Waals surface area contributed by atoms with Gasteiger partial charge in [0, 0.05) is 36.9 Å². The number of β-amino-alcohol motifs (C(OH)–C–C–N with tert-alkyl or cyclic N) is 1. The third-order valence-electron chi connectivity index (χ3n) is 3.98. The predicted octanol–water partition coefficient (Wildman–Crippen LogP) is 2.32. The zero-order valence-electron chi connectivity index (χ0n) is 13.4. The van der Waals surface area contributed by atoms with E-state index in [1.165, 1.54) is 0 Å². The average Bonchev–Trinajstić information content (AvgIpc) is 2.40. The lowest BCUT2D eigenvalue weighted by molar-refractivity contribution is 0.102. The lowest BCUT2D eigenvalue weighted by Gasteiger charge is -2.35. The Hall–Kier alpha value is -1.20. The maximum Gasteiger partial charge on any atom is 0.170 e. The van der Waals surface area contributed by atoms with Gasteiger partial charge in [0.05, 0.1) is 6.10 Å². The van der Waals surface area contributed by atoms with E-state index in [-0.39, 0.29) is 17.3 Å². The minimum atomic E-state index is -0.420. The summed E-state index contributed by atoms with van der Waals surface area (Å²) in [4.78, 5) is 6.03. The van der Waals surface area contributed by atoms with E-state index in [0.29, 0.717) is 24.5 Å². The molecule has 1 fully saturated rings. The van der Waals surface area contributed by atoms with E-state index in [0.717, 1.165) is 13.0 Å². The Bertz CT molecular complexity index is 487. The lowest BCUT2D eigenvalue weighted by atomic mass is 9.96. The molecule has 0 spiro atoms. The molecule has 0 radical (unpaired) electrons. The SMILES string of the molecule is CC1CCN(c2nccc(CNC(C)(C)C)c2F)CC1O. The molecule has 5 heteroatoms. The number of piperidine rings is 1. The van der Waals surface area contributed by atoms with Crippen LogP contribution in [0.1, 0.15) is 39.7 Å². The van der Waals surface area contributed by atoms with E-state index in [4.69, 9.17) is 0 Å². The number of rotatable bonds is 3. The van der Waals surface area contributed by atoms with E-state index in [1.807, 2.05) is 11.8 Å². The Morgan fingerprint density at radius 3 is 2.81 bits per heavy atom. The van der Waals surface area contributed by atoms with Crippen LogP contribution >= 0.6 is 0 Å². The van der Waals surface area contributed by atoms with E-state index < -0.39 is 6.10 Å². The Morgan fingerprint density at radius 2 is 2.19 bits per heavy atom. The summed E-state index contributed by atoms with van der Waals surface area (Å²) in [7, 11) is 0. The Morgan fingerprint density at radius 1 is 1.48 bits per heavy atom. The number of halogens is 1. The van der Waals surface area contributed by atoms with Crippen molar-refractivity contribution in [2.75, 3.05) is 18.0 Å². The second kappa shape index (κ2) is 6.28. The number of aliphatic hydroxyl groups is 1. The maximum atomic E-state index is 14.6. The third kappa shape index (κ3) is 4.14. The van der Waals surface area contributed by atoms with Crippen molar-refractivity contribution in [1.82, 2.24) is 10.3 Å². The van der Waals surface area contributed by atoms with Gasteiger partial charge in [-0.15, -0.1) is 0 Å². The van der Waals surface area contributed by atoms with Crippen LogP contribution in [0.3, 0.4) is 0 Å². The van der Waals surface area contributed by atoms with Crippen LogP contribution in [0.4, 0.5) is 10.2 Å². The molecule has 0 aromatic carbocycles. The predicted molar refractivity (Wildman–Crippen MR) is 82.8 cm³/mol. The van der Waals surface area contributed by atoms with Crippen LogP contribution in [0, 0.1) is 11.7 Å². The fourth-order valence-corrected chi connectivity index (χ4v) is 2.43. The molecule has 1 aliphatic rings. The summed E-state index contributed by atoms with van der Waals surface area (Å²) in [6.45, 7) is 9.83. The number of nitrogens with one attached hydrogen (secondary N) is 1. The van der Waals surface area contributed by atoms with Gasteiger partial charge in [-0.3, -0.25) is 0 Å². The van der Waals surface area contributed by atoms with Crippen LogP contribution in [0.15, 0.2) is 12.3 Å². The van der Waals surface area contributed by atoms with Gasteiger partial charge in [-0.1, -0.05) is 6.92 Å². The normalized spacial score (nSPS) is 23.4. The van der Waals surface area contributed by atoms with Crippen molar-refractivity contribution in [2.24, 2.45) is 5.92 Å². The zero-order chi connectivity index (χ0) is 15.6. The summed E-state index contributed by atoms with van der Waals surface area (Å²) in [5.74, 6) is 0.334. The number of aliphatic hydroxyl groups excluding tert-OH is 1. The lowest BCUT2D eigenvalue weighted by Crippen LogP contribution is -2.43. The van der Waals surface area contributed by atoms with Gasteiger partial charge in [0.15, 0.2) is 11.6 Å². The first kappa shape index (κ1) is 16.2. The summed E-state index contributed by atoms with van der Waals surface area (Å²) >= 11 is 0. The molecule has 0 bridgehead atoms. The molecule has 118 valence electrons. The summed E-state index contributed by atoms with van der Waals surface area (Å²) in [5, 5.41) is 13.3. The van der Waals surface area contributed by atoms with E-state index >= 15 is 0 Å². The molecular formula is C16H26FN3O. The molecular weight excluding hydrogens is 269 g/mol. The number of pyridine rings is 1. The highest BCUT2D eigenvalue weighted by molar-refractivity contribution is 5.43. The van der Waals surface area contributed by atoms with Crippen LogP contribution in [-0.4, -0.2) is 34.8 Å². The monoisotopic (exact) mass is 295 g/mol. The molecule has 0 aliphatic carbocycles. The number of hydrogen-bond donors (Lipinski definition) is 2. The van der Waals surface area contributed by atoms with E-state index in [9.17, 15) is 9.50 Å². The highest BCUT2D eigenvalue weighted by Crippen LogP contribution is 2.25. The molecule has 1 aromatic heterocycles. The minimum Gasteiger partial charge on any atom is -0.391 e. The van der Waals surface area contributed by atoms with Gasteiger partial charge in [0.2, 0.25) is 0 Å². The van der Waals surface area contributed by atoms with Crippen molar-refractivity contribution < 1.29 is 9.50 Å². The first-order valence-electron chi connectivity index (χ1n) is 7.59. The second-order valence-electron chi connectivity index (χ2n) is 6.99. The van der Waals surface area contributed by atoms with Gasteiger partial charge in [-0.2, -0.15) is 0 Å². The van der Waals surface area contributed by atoms with Crippen LogP contribution < -0.4 is 10.2 Å². The quantitative estimate of drug-likeness (QED) is 0.898. The minimum absolute atomic E-state index is 0.0629. The highest BCUT2D eigenvalue weighted by Gasteiger charge is 2.27. The van der Waals surface area contributed by atoms with Crippen molar-refractivity contribution in [3.63, 3.8) is 0 Å². The number of aromatic nitrogens is 1. The molecule has 1 aromatic rings. The van der Waals surface area contributed by atoms with Crippen LogP contribution in [0.25, 0.3) is 0 Å². The Balaban J connectivity index is 2.14. The molecule has 2 rings (SSSR count). The standard InChI is InChI=1S/C16H26FN3O/c1-11-6-8-20(10-13(11)21)15-14(17)12(5-7-18-15)9-19-16(2,3)4/h5,7,11,13,19,21H,6,8-10H2,1-4H3. The Labute approximate surface area is 126 Å². The van der Waals surface area contributed by atoms with Crippen molar-refractivity contribution in [2.45, 2.75) is 52.3 Å². The van der Waals surface area contributed by atoms with E-state index in [1.54, 1.807) is 12.3 Å². The van der Waals surface area contributed by atoms with Crippen molar-refractivity contribution in [3.05, 3.63) is 23.6 Å². The average molecular weight is 295 g/mol. The first-order valence-corrected chi connectivity index (χ1v) is 7.59. The van der Waals surface area contributed by atoms with E-state index in [2.05, 4.69) is 31.1 Å². The number of hydrogen-bond acceptors (Lipinski definition) is 4. The topological polar surface area (TPSA) is 48.4 Å². The summed E-state index contributed by atoms with van der Waals surface area (Å²) in [5.41, 5.74) is 0.551. The molecule has 21 heavy (non-hydrogen) atoms. The molecule has 2 heterocycles. The van der Waals surface area contributed by atoms with Gasteiger partial charge < -0.3 is 15.3 Å². The van der Waals surface area contributed by atoms with Gasteiger partial charge in [-0.25, -0.2) is 9.37 Å². The van der Waals surface area contributed by atoms with Gasteiger partial charge in [-0.05, 0) is 39.2 Å². The largest absolute Gasteiger partial charge is 0.391 e. The number of anilines is 1. The van der Waals surface area contributed by atoms with Gasteiger partial charge in [0.1, 0.15) is 0 Å². The zero-order valence-corrected chi connectivity index (χ0v) is 13.4. The van der Waals surface area contributed by atoms with Crippen molar-refractivity contribution in [3.8, 4) is 0 Å². The molecule has 4 nitrogen and oxygen atoms in total. The summed E-state index contributed by atoms with van der Waals surface area (Å²) in [6.07, 6.45) is 2.08. The Kier molecular flexibility index (Phi) is 4.84. The summed E-state index contributed by atoms with van der Waals surface area (Å²) < 4.78 is 14.6. The fraction of sp³-hybridized carbons (Fsp3) is 0.688. The summed E-state index contributed by atoms with van der Waals surface area (Å²) in [6, 6.07) is 1.71. The van der Waals surface area contributed by atoms with Crippen LogP contribution in [0.5, 0.6) is 0 Å². The first-order chi connectivity index (χ1) is 9.78. The van der Waals surface area contributed by atoms with Crippen LogP contribution in [0.2, 0.25) is 0 Å². The third-order valence-corrected chi connectivity index (χ3v) is 3.98. The maximum absolute atomic E-state index is 14.6. The van der Waals surface area contributed by atoms with Crippen LogP contribution in [-0.2, 0) is 6.54 Å². The molecule has 2 N–H and O–H groups in total. The molecule has 0 saturated carbocycles. The smallest absolute Gasteiger partial charge is 0.170 e. The van der Waals surface area contributed by atoms with Crippen molar-refractivity contribution in [1.29, 1.82) is 0 Å².